The second-order valence-corrected chi connectivity index (χ2v) is 2.67. The molecule has 12 heavy (non-hydrogen) atoms. The number of rotatable bonds is 4. The van der Waals surface area contributed by atoms with Crippen LogP contribution >= 0.6 is 0 Å². The van der Waals surface area contributed by atoms with Crippen LogP contribution in [0.15, 0.2) is 0 Å². The van der Waals surface area contributed by atoms with E-state index >= 15 is 0 Å². The van der Waals surface area contributed by atoms with E-state index in [1.165, 1.54) is 0 Å². The standard InChI is InChI=1S/C4H11NO.C4H8O2/c1-5(2)3-4-6;1-2-3-4(5)6/h6H,3-4H2,1-2H3;2-3H2,1H3,(H,5,6). The van der Waals surface area contributed by atoms with Crippen LogP contribution in [0, 0.1) is 0 Å². The second kappa shape index (κ2) is 10.4. The molecule has 0 aliphatic heterocycles. The molecule has 4 heteroatoms. The smallest absolute Gasteiger partial charge is 0.303 e. The van der Waals surface area contributed by atoms with Gasteiger partial charge >= 0.3 is 5.97 Å². The minimum Gasteiger partial charge on any atom is -0.481 e. The highest BCUT2D eigenvalue weighted by Crippen LogP contribution is 1.82. The maximum atomic E-state index is 9.60. The summed E-state index contributed by atoms with van der Waals surface area (Å²) < 4.78 is 0. The number of hydrogen-bond acceptors (Lipinski definition) is 3. The van der Waals surface area contributed by atoms with Gasteiger partial charge in [0.25, 0.3) is 0 Å². The lowest BCUT2D eigenvalue weighted by Crippen LogP contribution is -2.15. The van der Waals surface area contributed by atoms with Gasteiger partial charge in [-0.2, -0.15) is 0 Å². The van der Waals surface area contributed by atoms with Gasteiger partial charge in [0.2, 0.25) is 0 Å². The quantitative estimate of drug-likeness (QED) is 0.653. The Morgan fingerprint density at radius 2 is 1.92 bits per heavy atom. The van der Waals surface area contributed by atoms with Crippen LogP contribution < -0.4 is 0 Å². The molecule has 0 atom stereocenters. The van der Waals surface area contributed by atoms with E-state index in [-0.39, 0.29) is 6.61 Å². The van der Waals surface area contributed by atoms with Gasteiger partial charge < -0.3 is 15.1 Å². The Labute approximate surface area is 73.8 Å². The highest BCUT2D eigenvalue weighted by atomic mass is 16.4. The molecule has 0 amide bonds. The Balaban J connectivity index is 0. The van der Waals surface area contributed by atoms with Gasteiger partial charge in [-0.05, 0) is 20.5 Å². The van der Waals surface area contributed by atoms with E-state index in [9.17, 15) is 4.79 Å². The zero-order chi connectivity index (χ0) is 9.98. The molecule has 0 rings (SSSR count). The third kappa shape index (κ3) is 22.8. The maximum Gasteiger partial charge on any atom is 0.303 e. The summed E-state index contributed by atoms with van der Waals surface area (Å²) in [4.78, 5) is 11.5. The van der Waals surface area contributed by atoms with Crippen LogP contribution in [0.3, 0.4) is 0 Å². The minimum atomic E-state index is -0.711. The second-order valence-electron chi connectivity index (χ2n) is 2.67. The first-order valence-electron chi connectivity index (χ1n) is 4.02. The van der Waals surface area contributed by atoms with Crippen LogP contribution in [-0.2, 0) is 4.79 Å². The first-order valence-corrected chi connectivity index (χ1v) is 4.02. The number of likely N-dealkylation sites (N-methyl/N-ethyl adjacent to an activating group) is 1. The van der Waals surface area contributed by atoms with E-state index in [2.05, 4.69) is 0 Å². The molecule has 2 N–H and O–H groups in total. The van der Waals surface area contributed by atoms with Crippen LogP contribution in [0.5, 0.6) is 0 Å². The molecular weight excluding hydrogens is 158 g/mol. The van der Waals surface area contributed by atoms with Gasteiger partial charge in [0, 0.05) is 13.0 Å². The molecule has 0 aliphatic carbocycles. The van der Waals surface area contributed by atoms with E-state index in [1.807, 2.05) is 25.9 Å². The van der Waals surface area contributed by atoms with Crippen LogP contribution in [0.1, 0.15) is 19.8 Å². The van der Waals surface area contributed by atoms with Crippen molar-refractivity contribution in [2.24, 2.45) is 0 Å². The number of hydrogen-bond donors (Lipinski definition) is 2. The number of aliphatic hydroxyl groups is 1. The summed E-state index contributed by atoms with van der Waals surface area (Å²) in [6.07, 6.45) is 1.02. The van der Waals surface area contributed by atoms with Crippen LogP contribution in [-0.4, -0.2) is 48.3 Å². The molecule has 0 spiro atoms. The molecule has 0 heterocycles. The van der Waals surface area contributed by atoms with E-state index in [4.69, 9.17) is 10.2 Å². The topological polar surface area (TPSA) is 60.8 Å². The molecule has 74 valence electrons. The van der Waals surface area contributed by atoms with E-state index in [0.717, 1.165) is 13.0 Å². The highest BCUT2D eigenvalue weighted by molar-refractivity contribution is 5.66. The average molecular weight is 177 g/mol. The van der Waals surface area contributed by atoms with Crippen LogP contribution in [0.4, 0.5) is 0 Å². The fraction of sp³-hybridized carbons (Fsp3) is 0.875. The normalized spacial score (nSPS) is 9.08. The lowest BCUT2D eigenvalue weighted by molar-refractivity contribution is -0.137. The summed E-state index contributed by atoms with van der Waals surface area (Å²) in [6.45, 7) is 2.86. The Morgan fingerprint density at radius 3 is 1.92 bits per heavy atom. The van der Waals surface area contributed by atoms with Crippen molar-refractivity contribution < 1.29 is 15.0 Å². The lowest BCUT2D eigenvalue weighted by Gasteiger charge is -2.03. The first-order chi connectivity index (χ1) is 5.54. The van der Waals surface area contributed by atoms with Gasteiger partial charge in [0.1, 0.15) is 0 Å². The minimum absolute atomic E-state index is 0.257. The molecule has 0 fully saturated rings. The molecule has 0 aromatic heterocycles. The van der Waals surface area contributed by atoms with Crippen molar-refractivity contribution in [2.45, 2.75) is 19.8 Å². The highest BCUT2D eigenvalue weighted by Gasteiger charge is 1.87. The fourth-order valence-electron chi connectivity index (χ4n) is 0.414. The molecule has 0 aromatic carbocycles. The Kier molecular flexibility index (Phi) is 12.1. The van der Waals surface area contributed by atoms with Crippen molar-refractivity contribution in [1.29, 1.82) is 0 Å². The Hall–Kier alpha value is -0.610. The van der Waals surface area contributed by atoms with Gasteiger partial charge in [-0.25, -0.2) is 0 Å². The van der Waals surface area contributed by atoms with Gasteiger partial charge in [-0.3, -0.25) is 4.79 Å². The predicted octanol–water partition coefficient (Wildman–Crippen LogP) is 0.411. The number of aliphatic hydroxyl groups excluding tert-OH is 1. The number of nitrogens with zero attached hydrogens (tertiary/aromatic N) is 1. The molecule has 0 unspecified atom stereocenters. The monoisotopic (exact) mass is 177 g/mol. The van der Waals surface area contributed by atoms with Crippen molar-refractivity contribution in [3.8, 4) is 0 Å². The summed E-state index contributed by atoms with van der Waals surface area (Å²) in [5, 5.41) is 16.1. The third-order valence-corrected chi connectivity index (χ3v) is 1.01. The number of carboxylic acid groups (broad SMARTS) is 1. The number of carboxylic acids is 1. The first kappa shape index (κ1) is 13.9. The number of aliphatic carboxylic acids is 1. The van der Waals surface area contributed by atoms with Crippen molar-refractivity contribution in [1.82, 2.24) is 4.90 Å². The summed E-state index contributed by atoms with van der Waals surface area (Å²) in [6, 6.07) is 0. The fourth-order valence-corrected chi connectivity index (χ4v) is 0.414. The average Bonchev–Trinajstić information content (AvgIpc) is 1.87. The maximum absolute atomic E-state index is 9.60. The van der Waals surface area contributed by atoms with Crippen molar-refractivity contribution >= 4 is 5.97 Å². The van der Waals surface area contributed by atoms with Crippen molar-refractivity contribution in [2.75, 3.05) is 27.2 Å². The van der Waals surface area contributed by atoms with Gasteiger partial charge in [0.15, 0.2) is 0 Å². The predicted molar refractivity (Wildman–Crippen MR) is 48.2 cm³/mol. The molecular formula is C8H19NO3. The van der Waals surface area contributed by atoms with Gasteiger partial charge in [0.05, 0.1) is 6.61 Å². The lowest BCUT2D eigenvalue weighted by atomic mass is 10.4. The Bertz CT molecular complexity index is 104. The molecule has 0 bridgehead atoms. The number of carbonyl (C=O) groups is 1. The van der Waals surface area contributed by atoms with Crippen molar-refractivity contribution in [3.63, 3.8) is 0 Å². The molecule has 0 saturated heterocycles. The molecule has 0 aromatic rings. The van der Waals surface area contributed by atoms with Crippen molar-refractivity contribution in [3.05, 3.63) is 0 Å². The zero-order valence-electron chi connectivity index (χ0n) is 8.08. The zero-order valence-corrected chi connectivity index (χ0v) is 8.08. The molecule has 0 radical (unpaired) electrons. The summed E-state index contributed by atoms with van der Waals surface area (Å²) in [7, 11) is 3.85. The SMILES string of the molecule is CCCC(=O)O.CN(C)CCO. The summed E-state index contributed by atoms with van der Waals surface area (Å²) in [5.41, 5.74) is 0. The van der Waals surface area contributed by atoms with Crippen LogP contribution in [0.2, 0.25) is 0 Å². The third-order valence-electron chi connectivity index (χ3n) is 1.01. The summed E-state index contributed by atoms with van der Waals surface area (Å²) >= 11 is 0. The van der Waals surface area contributed by atoms with Crippen LogP contribution in [0.25, 0.3) is 0 Å². The molecule has 0 saturated carbocycles. The van der Waals surface area contributed by atoms with E-state index in [1.54, 1.807) is 0 Å². The van der Waals surface area contributed by atoms with E-state index < -0.39 is 5.97 Å². The molecule has 0 aliphatic rings. The van der Waals surface area contributed by atoms with E-state index in [0.29, 0.717) is 6.42 Å². The summed E-state index contributed by atoms with van der Waals surface area (Å²) in [5.74, 6) is -0.711. The largest absolute Gasteiger partial charge is 0.481 e. The Morgan fingerprint density at radius 1 is 1.42 bits per heavy atom. The van der Waals surface area contributed by atoms with Gasteiger partial charge in [-0.15, -0.1) is 0 Å². The molecule has 4 nitrogen and oxygen atoms in total. The van der Waals surface area contributed by atoms with Gasteiger partial charge in [-0.1, -0.05) is 6.92 Å².